The fourth-order valence-electron chi connectivity index (χ4n) is 1.77. The summed E-state index contributed by atoms with van der Waals surface area (Å²) in [5, 5.41) is 8.21. The van der Waals surface area contributed by atoms with E-state index in [0.29, 0.717) is 19.4 Å². The Labute approximate surface area is 143 Å². The predicted molar refractivity (Wildman–Crippen MR) is 95.6 cm³/mol. The average Bonchev–Trinajstić information content (AvgIpc) is 2.46. The number of hydrogen-bond donors (Lipinski definition) is 1. The predicted octanol–water partition coefficient (Wildman–Crippen LogP) is 5.59. The van der Waals surface area contributed by atoms with E-state index in [1.54, 1.807) is 0 Å². The summed E-state index contributed by atoms with van der Waals surface area (Å²) in [5.41, 5.74) is 0.0824. The summed E-state index contributed by atoms with van der Waals surface area (Å²) in [6, 6.07) is 0. The van der Waals surface area contributed by atoms with E-state index in [4.69, 9.17) is 9.84 Å². The number of carbonyl (C=O) groups excluding carboxylic acids is 1. The number of carboxylic acids is 1. The van der Waals surface area contributed by atoms with Crippen LogP contribution in [0.1, 0.15) is 98.8 Å². The van der Waals surface area contributed by atoms with Crippen LogP contribution in [0.4, 0.5) is 0 Å². The standard InChI is InChI=1S/C12H24O2.C7H14O2/c1-5-6-7-8-9-11(13)14-10-12(2,3)4;1-2-3-4-5-6-7(8)9/h5-10H2,1-4H3;2-6H2,1H3,(H,8,9). The zero-order valence-electron chi connectivity index (χ0n) is 16.0. The number of rotatable bonds is 11. The van der Waals surface area contributed by atoms with E-state index in [1.807, 2.05) is 0 Å². The largest absolute Gasteiger partial charge is 0.481 e. The van der Waals surface area contributed by atoms with Gasteiger partial charge in [0.05, 0.1) is 6.61 Å². The van der Waals surface area contributed by atoms with Crippen molar-refractivity contribution in [3.8, 4) is 0 Å². The van der Waals surface area contributed by atoms with Crippen LogP contribution in [0.2, 0.25) is 0 Å². The van der Waals surface area contributed by atoms with Crippen LogP contribution in [0.3, 0.4) is 0 Å². The second-order valence-electron chi connectivity index (χ2n) is 7.24. The number of esters is 1. The third-order valence-electron chi connectivity index (χ3n) is 3.14. The maximum absolute atomic E-state index is 11.2. The maximum Gasteiger partial charge on any atom is 0.305 e. The summed E-state index contributed by atoms with van der Waals surface area (Å²) in [6.07, 6.45) is 9.66. The van der Waals surface area contributed by atoms with Gasteiger partial charge in [-0.2, -0.15) is 0 Å². The zero-order chi connectivity index (χ0) is 18.1. The Kier molecular flexibility index (Phi) is 16.6. The topological polar surface area (TPSA) is 63.6 Å². The summed E-state index contributed by atoms with van der Waals surface area (Å²) in [4.78, 5) is 21.2. The summed E-state index contributed by atoms with van der Waals surface area (Å²) in [5.74, 6) is -0.720. The lowest BCUT2D eigenvalue weighted by molar-refractivity contribution is -0.146. The zero-order valence-corrected chi connectivity index (χ0v) is 16.0. The molecule has 4 heteroatoms. The minimum atomic E-state index is -0.675. The van der Waals surface area contributed by atoms with Gasteiger partial charge in [0.1, 0.15) is 0 Å². The van der Waals surface area contributed by atoms with Gasteiger partial charge >= 0.3 is 11.9 Å². The lowest BCUT2D eigenvalue weighted by Crippen LogP contribution is -2.18. The molecule has 0 aliphatic heterocycles. The Morgan fingerprint density at radius 1 is 0.826 bits per heavy atom. The second-order valence-corrected chi connectivity index (χ2v) is 7.24. The molecular formula is C19H38O4. The number of carbonyl (C=O) groups is 2. The highest BCUT2D eigenvalue weighted by Crippen LogP contribution is 2.13. The number of carboxylic acid groups (broad SMARTS) is 1. The molecule has 0 fully saturated rings. The van der Waals surface area contributed by atoms with Gasteiger partial charge in [-0.15, -0.1) is 0 Å². The fraction of sp³-hybridized carbons (Fsp3) is 0.895. The van der Waals surface area contributed by atoms with Crippen molar-refractivity contribution in [2.24, 2.45) is 5.41 Å². The van der Waals surface area contributed by atoms with Gasteiger partial charge in [0.15, 0.2) is 0 Å². The Morgan fingerprint density at radius 3 is 1.70 bits per heavy atom. The van der Waals surface area contributed by atoms with E-state index in [-0.39, 0.29) is 11.4 Å². The molecule has 0 bridgehead atoms. The lowest BCUT2D eigenvalue weighted by Gasteiger charge is -2.17. The van der Waals surface area contributed by atoms with Gasteiger partial charge in [-0.25, -0.2) is 0 Å². The first-order valence-corrected chi connectivity index (χ1v) is 9.10. The van der Waals surface area contributed by atoms with Crippen LogP contribution in [0, 0.1) is 5.41 Å². The van der Waals surface area contributed by atoms with Crippen molar-refractivity contribution in [1.82, 2.24) is 0 Å². The molecule has 0 saturated heterocycles. The molecular weight excluding hydrogens is 292 g/mol. The molecule has 0 saturated carbocycles. The van der Waals surface area contributed by atoms with Gasteiger partial charge in [0, 0.05) is 12.8 Å². The molecule has 0 aromatic rings. The monoisotopic (exact) mass is 330 g/mol. The van der Waals surface area contributed by atoms with Gasteiger partial charge in [-0.05, 0) is 18.3 Å². The van der Waals surface area contributed by atoms with Crippen molar-refractivity contribution >= 4 is 11.9 Å². The van der Waals surface area contributed by atoms with E-state index >= 15 is 0 Å². The molecule has 0 rings (SSSR count). The molecule has 4 nitrogen and oxygen atoms in total. The molecule has 0 amide bonds. The van der Waals surface area contributed by atoms with Crippen LogP contribution < -0.4 is 0 Å². The summed E-state index contributed by atoms with van der Waals surface area (Å²) >= 11 is 0. The second kappa shape index (κ2) is 15.8. The fourth-order valence-corrected chi connectivity index (χ4v) is 1.77. The molecule has 0 heterocycles. The third-order valence-corrected chi connectivity index (χ3v) is 3.14. The smallest absolute Gasteiger partial charge is 0.305 e. The van der Waals surface area contributed by atoms with E-state index in [2.05, 4.69) is 34.6 Å². The average molecular weight is 331 g/mol. The molecule has 0 aromatic carbocycles. The van der Waals surface area contributed by atoms with Gasteiger partial charge in [0.25, 0.3) is 0 Å². The van der Waals surface area contributed by atoms with Crippen LogP contribution in [0.15, 0.2) is 0 Å². The summed E-state index contributed by atoms with van der Waals surface area (Å²) in [6.45, 7) is 11.0. The van der Waals surface area contributed by atoms with E-state index < -0.39 is 5.97 Å². The molecule has 138 valence electrons. The van der Waals surface area contributed by atoms with E-state index in [0.717, 1.165) is 32.1 Å². The van der Waals surface area contributed by atoms with Crippen LogP contribution in [0.5, 0.6) is 0 Å². The van der Waals surface area contributed by atoms with Crippen LogP contribution >= 0.6 is 0 Å². The highest BCUT2D eigenvalue weighted by Gasteiger charge is 2.13. The SMILES string of the molecule is CCCCCCC(=O)O.CCCCCCC(=O)OCC(C)(C)C. The summed E-state index contributed by atoms with van der Waals surface area (Å²) in [7, 11) is 0. The van der Waals surface area contributed by atoms with Gasteiger partial charge in [0.2, 0.25) is 0 Å². The Morgan fingerprint density at radius 2 is 1.30 bits per heavy atom. The van der Waals surface area contributed by atoms with Crippen molar-refractivity contribution in [3.63, 3.8) is 0 Å². The van der Waals surface area contributed by atoms with E-state index in [1.165, 1.54) is 19.3 Å². The summed E-state index contributed by atoms with van der Waals surface area (Å²) < 4.78 is 5.15. The van der Waals surface area contributed by atoms with Crippen molar-refractivity contribution in [1.29, 1.82) is 0 Å². The highest BCUT2D eigenvalue weighted by molar-refractivity contribution is 5.69. The quantitative estimate of drug-likeness (QED) is 0.396. The first-order chi connectivity index (χ1) is 10.7. The molecule has 0 unspecified atom stereocenters. The Bertz CT molecular complexity index is 292. The minimum Gasteiger partial charge on any atom is -0.481 e. The highest BCUT2D eigenvalue weighted by atomic mass is 16.5. The molecule has 0 aliphatic carbocycles. The molecule has 1 N–H and O–H groups in total. The van der Waals surface area contributed by atoms with Crippen molar-refractivity contribution in [3.05, 3.63) is 0 Å². The molecule has 0 atom stereocenters. The minimum absolute atomic E-state index is 0.0453. The number of unbranched alkanes of at least 4 members (excludes halogenated alkanes) is 6. The van der Waals surface area contributed by atoms with Crippen LogP contribution in [-0.2, 0) is 14.3 Å². The molecule has 0 aliphatic rings. The van der Waals surface area contributed by atoms with Gasteiger partial charge in [-0.3, -0.25) is 9.59 Å². The lowest BCUT2D eigenvalue weighted by atomic mass is 9.99. The van der Waals surface area contributed by atoms with Crippen LogP contribution in [-0.4, -0.2) is 23.7 Å². The molecule has 0 radical (unpaired) electrons. The maximum atomic E-state index is 11.2. The van der Waals surface area contributed by atoms with E-state index in [9.17, 15) is 9.59 Å². The Hall–Kier alpha value is -1.06. The first-order valence-electron chi connectivity index (χ1n) is 9.10. The number of ether oxygens (including phenoxy) is 1. The molecule has 23 heavy (non-hydrogen) atoms. The van der Waals surface area contributed by atoms with Gasteiger partial charge in [-0.1, -0.05) is 73.1 Å². The van der Waals surface area contributed by atoms with Crippen molar-refractivity contribution < 1.29 is 19.4 Å². The Balaban J connectivity index is 0. The van der Waals surface area contributed by atoms with Crippen LogP contribution in [0.25, 0.3) is 0 Å². The van der Waals surface area contributed by atoms with Crippen molar-refractivity contribution in [2.75, 3.05) is 6.61 Å². The number of hydrogen-bond acceptors (Lipinski definition) is 3. The first kappa shape index (κ1) is 24.2. The normalized spacial score (nSPS) is 10.7. The van der Waals surface area contributed by atoms with Crippen molar-refractivity contribution in [2.45, 2.75) is 98.8 Å². The third kappa shape index (κ3) is 26.2. The van der Waals surface area contributed by atoms with Gasteiger partial charge < -0.3 is 9.84 Å². The molecule has 0 aromatic heterocycles. The molecule has 0 spiro atoms. The number of aliphatic carboxylic acids is 1.